The van der Waals surface area contributed by atoms with Crippen LogP contribution in [0.25, 0.3) is 0 Å². The van der Waals surface area contributed by atoms with Crippen molar-refractivity contribution in [3.8, 4) is 0 Å². The highest BCUT2D eigenvalue weighted by Crippen LogP contribution is 2.26. The van der Waals surface area contributed by atoms with Gasteiger partial charge in [-0.2, -0.15) is 10.2 Å². The highest BCUT2D eigenvalue weighted by atomic mass is 15.1. The molecule has 0 radical (unpaired) electrons. The van der Waals surface area contributed by atoms with Gasteiger partial charge in [0.2, 0.25) is 0 Å². The highest BCUT2D eigenvalue weighted by Gasteiger charge is 2.17. The zero-order valence-corrected chi connectivity index (χ0v) is 11.2. The van der Waals surface area contributed by atoms with Crippen molar-refractivity contribution >= 4 is 0 Å². The van der Waals surface area contributed by atoms with Gasteiger partial charge in [0, 0.05) is 0 Å². The van der Waals surface area contributed by atoms with Crippen molar-refractivity contribution in [1.82, 2.24) is 0 Å². The summed E-state index contributed by atoms with van der Waals surface area (Å²) in [4.78, 5) is 0. The van der Waals surface area contributed by atoms with Gasteiger partial charge in [-0.15, -0.1) is 0 Å². The average molecular weight is 222 g/mol. The van der Waals surface area contributed by atoms with Gasteiger partial charge in [0.25, 0.3) is 0 Å². The van der Waals surface area contributed by atoms with Gasteiger partial charge in [-0.05, 0) is 30.3 Å². The Morgan fingerprint density at radius 2 is 1.88 bits per heavy atom. The van der Waals surface area contributed by atoms with E-state index in [2.05, 4.69) is 37.9 Å². The van der Waals surface area contributed by atoms with Crippen molar-refractivity contribution in [3.05, 3.63) is 11.8 Å². The first-order valence-electron chi connectivity index (χ1n) is 6.68. The molecule has 1 unspecified atom stereocenters. The van der Waals surface area contributed by atoms with Crippen molar-refractivity contribution in [2.45, 2.75) is 65.8 Å². The molecule has 0 bridgehead atoms. The second kappa shape index (κ2) is 6.82. The summed E-state index contributed by atoms with van der Waals surface area (Å²) in [5.74, 6) is 1.55. The first-order valence-corrected chi connectivity index (χ1v) is 6.68. The normalized spacial score (nSPS) is 19.9. The molecule has 16 heavy (non-hydrogen) atoms. The summed E-state index contributed by atoms with van der Waals surface area (Å²) in [6.07, 6.45) is 8.28. The largest absolute Gasteiger partial charge is 0.181 e. The first kappa shape index (κ1) is 13.4. The molecule has 0 saturated heterocycles. The fraction of sp³-hybridized carbons (Fsp3) is 0.857. The Morgan fingerprint density at radius 1 is 1.12 bits per heavy atom. The topological polar surface area (TPSA) is 24.7 Å². The molecule has 2 heteroatoms. The Balaban J connectivity index is 2.21. The molecule has 92 valence electrons. The lowest BCUT2D eigenvalue weighted by Crippen LogP contribution is -2.07. The smallest absolute Gasteiger partial charge is 0.0940 e. The highest BCUT2D eigenvalue weighted by molar-refractivity contribution is 5.14. The molecule has 0 aromatic heterocycles. The summed E-state index contributed by atoms with van der Waals surface area (Å²) in [5, 5.41) is 8.40. The van der Waals surface area contributed by atoms with Crippen LogP contribution in [0.3, 0.4) is 0 Å². The molecule has 1 aliphatic heterocycles. The van der Waals surface area contributed by atoms with Crippen LogP contribution in [0.5, 0.6) is 0 Å². The lowest BCUT2D eigenvalue weighted by atomic mass is 9.94. The lowest BCUT2D eigenvalue weighted by Gasteiger charge is -2.13. The molecular weight excluding hydrogens is 196 g/mol. The first-order chi connectivity index (χ1) is 7.59. The number of nitrogens with zero attached hydrogens (tertiary/aromatic N) is 2. The summed E-state index contributed by atoms with van der Waals surface area (Å²) in [5.41, 5.74) is 1.44. The molecule has 1 rings (SSSR count). The van der Waals surface area contributed by atoms with E-state index in [4.69, 9.17) is 0 Å². The molecule has 0 fully saturated rings. The molecule has 0 aliphatic carbocycles. The second-order valence-electron chi connectivity index (χ2n) is 5.73. The molecule has 0 spiro atoms. The molecule has 0 saturated carbocycles. The number of hydrogen-bond acceptors (Lipinski definition) is 2. The molecule has 0 aromatic rings. The van der Waals surface area contributed by atoms with Gasteiger partial charge in [0.15, 0.2) is 0 Å². The maximum absolute atomic E-state index is 4.32. The van der Waals surface area contributed by atoms with Gasteiger partial charge in [-0.3, -0.25) is 0 Å². The van der Waals surface area contributed by atoms with E-state index in [0.29, 0.717) is 12.0 Å². The van der Waals surface area contributed by atoms with Crippen molar-refractivity contribution in [2.75, 3.05) is 0 Å². The van der Waals surface area contributed by atoms with E-state index in [9.17, 15) is 0 Å². The second-order valence-corrected chi connectivity index (χ2v) is 5.73. The van der Waals surface area contributed by atoms with Crippen molar-refractivity contribution in [2.24, 2.45) is 22.1 Å². The fourth-order valence-corrected chi connectivity index (χ4v) is 2.14. The third-order valence-corrected chi connectivity index (χ3v) is 3.01. The molecule has 0 aromatic carbocycles. The average Bonchev–Trinajstić information content (AvgIpc) is 2.59. The van der Waals surface area contributed by atoms with Crippen LogP contribution in [-0.4, -0.2) is 6.04 Å². The van der Waals surface area contributed by atoms with Gasteiger partial charge in [-0.25, -0.2) is 0 Å². The molecule has 1 heterocycles. The standard InChI is InChI=1S/C14H26N2/c1-11(2)7-5-6-8-14-13(9-12(3)4)10-15-16-14/h10-12,14H,5-9H2,1-4H3. The van der Waals surface area contributed by atoms with Crippen LogP contribution < -0.4 is 0 Å². The zero-order valence-electron chi connectivity index (χ0n) is 11.2. The van der Waals surface area contributed by atoms with E-state index in [1.165, 1.54) is 31.3 Å². The maximum atomic E-state index is 4.32. The predicted octanol–water partition coefficient (Wildman–Crippen LogP) is 4.97. The number of unbranched alkanes of at least 4 members (excludes halogenated alkanes) is 1. The monoisotopic (exact) mass is 222 g/mol. The van der Waals surface area contributed by atoms with Crippen molar-refractivity contribution in [3.63, 3.8) is 0 Å². The van der Waals surface area contributed by atoms with Crippen LogP contribution in [0.15, 0.2) is 22.0 Å². The SMILES string of the molecule is CC(C)CCCCC1N=NC=C1CC(C)C. The van der Waals surface area contributed by atoms with E-state index in [1.807, 2.05) is 6.20 Å². The minimum Gasteiger partial charge on any atom is -0.181 e. The van der Waals surface area contributed by atoms with Crippen LogP contribution in [0.4, 0.5) is 0 Å². The summed E-state index contributed by atoms with van der Waals surface area (Å²) in [6.45, 7) is 9.10. The Morgan fingerprint density at radius 3 is 2.50 bits per heavy atom. The van der Waals surface area contributed by atoms with Crippen LogP contribution in [0.2, 0.25) is 0 Å². The van der Waals surface area contributed by atoms with Crippen LogP contribution >= 0.6 is 0 Å². The maximum Gasteiger partial charge on any atom is 0.0940 e. The molecule has 2 nitrogen and oxygen atoms in total. The summed E-state index contributed by atoms with van der Waals surface area (Å²) >= 11 is 0. The van der Waals surface area contributed by atoms with Crippen LogP contribution in [-0.2, 0) is 0 Å². The summed E-state index contributed by atoms with van der Waals surface area (Å²) < 4.78 is 0. The Hall–Kier alpha value is -0.660. The van der Waals surface area contributed by atoms with E-state index in [1.54, 1.807) is 0 Å². The minimum atomic E-state index is 0.398. The van der Waals surface area contributed by atoms with Crippen molar-refractivity contribution < 1.29 is 0 Å². The Bertz CT molecular complexity index is 251. The number of hydrogen-bond donors (Lipinski definition) is 0. The Labute approximate surface area is 100 Å². The van der Waals surface area contributed by atoms with E-state index >= 15 is 0 Å². The third kappa shape index (κ3) is 4.91. The molecular formula is C14H26N2. The van der Waals surface area contributed by atoms with Gasteiger partial charge >= 0.3 is 0 Å². The lowest BCUT2D eigenvalue weighted by molar-refractivity contribution is 0.503. The molecule has 0 N–H and O–H groups in total. The molecule has 1 atom stereocenters. The zero-order chi connectivity index (χ0) is 12.0. The predicted molar refractivity (Wildman–Crippen MR) is 69.5 cm³/mol. The molecule has 1 aliphatic rings. The fourth-order valence-electron chi connectivity index (χ4n) is 2.14. The quantitative estimate of drug-likeness (QED) is 0.543. The van der Waals surface area contributed by atoms with Gasteiger partial charge in [0.1, 0.15) is 0 Å². The third-order valence-electron chi connectivity index (χ3n) is 3.01. The Kier molecular flexibility index (Phi) is 5.72. The van der Waals surface area contributed by atoms with Crippen LogP contribution in [0, 0.1) is 11.8 Å². The van der Waals surface area contributed by atoms with Gasteiger partial charge < -0.3 is 0 Å². The molecule has 0 amide bonds. The minimum absolute atomic E-state index is 0.398. The number of azo groups is 1. The summed E-state index contributed by atoms with van der Waals surface area (Å²) in [6, 6.07) is 0.398. The van der Waals surface area contributed by atoms with Gasteiger partial charge in [-0.1, -0.05) is 47.0 Å². The van der Waals surface area contributed by atoms with Gasteiger partial charge in [0.05, 0.1) is 12.2 Å². The van der Waals surface area contributed by atoms with E-state index in [-0.39, 0.29) is 0 Å². The summed E-state index contributed by atoms with van der Waals surface area (Å²) in [7, 11) is 0. The van der Waals surface area contributed by atoms with Crippen LogP contribution in [0.1, 0.15) is 59.8 Å². The van der Waals surface area contributed by atoms with E-state index < -0.39 is 0 Å². The van der Waals surface area contributed by atoms with E-state index in [0.717, 1.165) is 12.3 Å². The van der Waals surface area contributed by atoms with Crippen molar-refractivity contribution in [1.29, 1.82) is 0 Å². The number of rotatable bonds is 7.